The highest BCUT2D eigenvalue weighted by Crippen LogP contribution is 2.17. The Balaban J connectivity index is 1.72. The number of benzene rings is 1. The van der Waals surface area contributed by atoms with Gasteiger partial charge in [0.1, 0.15) is 5.75 Å². The molecule has 1 fully saturated rings. The molecule has 0 aliphatic heterocycles. The van der Waals surface area contributed by atoms with Crippen LogP contribution >= 0.6 is 0 Å². The van der Waals surface area contributed by atoms with Gasteiger partial charge in [0, 0.05) is 6.04 Å². The second kappa shape index (κ2) is 8.90. The Kier molecular flexibility index (Phi) is 6.60. The minimum atomic E-state index is -0.528. The third-order valence-electron chi connectivity index (χ3n) is 3.68. The van der Waals surface area contributed by atoms with Crippen LogP contribution in [0.5, 0.6) is 5.75 Å². The minimum absolute atomic E-state index is 0.147. The van der Waals surface area contributed by atoms with Crippen LogP contribution in [-0.4, -0.2) is 37.2 Å². The highest BCUT2D eigenvalue weighted by molar-refractivity contribution is 5.95. The highest BCUT2D eigenvalue weighted by atomic mass is 16.5. The normalized spacial score (nSPS) is 14.0. The summed E-state index contributed by atoms with van der Waals surface area (Å²) in [5.41, 5.74) is 0.407. The van der Waals surface area contributed by atoms with Gasteiger partial charge in [0.15, 0.2) is 6.61 Å². The first-order valence-electron chi connectivity index (χ1n) is 8.09. The molecule has 0 spiro atoms. The van der Waals surface area contributed by atoms with Gasteiger partial charge in [-0.25, -0.2) is 9.59 Å². The Morgan fingerprint density at radius 3 is 2.42 bits per heavy atom. The number of carbonyl (C=O) groups is 3. The fraction of sp³-hybridized carbons (Fsp3) is 0.471. The summed E-state index contributed by atoms with van der Waals surface area (Å²) in [6, 6.07) is 5.90. The Labute approximate surface area is 140 Å². The van der Waals surface area contributed by atoms with Crippen molar-refractivity contribution in [2.45, 2.75) is 38.6 Å². The van der Waals surface area contributed by atoms with Crippen LogP contribution in [0.1, 0.15) is 43.0 Å². The molecular weight excluding hydrogens is 312 g/mol. The fourth-order valence-electron chi connectivity index (χ4n) is 2.50. The fourth-order valence-corrected chi connectivity index (χ4v) is 2.50. The SMILES string of the molecule is CCOC(=O)c1ccc(OCC(=O)NC(=O)NC2CCCC2)cc1. The van der Waals surface area contributed by atoms with Crippen LogP contribution in [0.15, 0.2) is 24.3 Å². The number of amides is 3. The molecule has 0 aromatic heterocycles. The Morgan fingerprint density at radius 2 is 1.79 bits per heavy atom. The number of imide groups is 1. The number of rotatable bonds is 6. The van der Waals surface area contributed by atoms with E-state index >= 15 is 0 Å². The van der Waals surface area contributed by atoms with Gasteiger partial charge in [0.2, 0.25) is 0 Å². The van der Waals surface area contributed by atoms with Crippen molar-refractivity contribution in [1.29, 1.82) is 0 Å². The molecule has 0 unspecified atom stereocenters. The van der Waals surface area contributed by atoms with Gasteiger partial charge in [-0.2, -0.15) is 0 Å². The summed E-state index contributed by atoms with van der Waals surface area (Å²) >= 11 is 0. The number of nitrogens with one attached hydrogen (secondary N) is 2. The number of ether oxygens (including phenoxy) is 2. The zero-order chi connectivity index (χ0) is 17.4. The molecule has 0 radical (unpaired) electrons. The molecule has 0 atom stereocenters. The maximum atomic E-state index is 11.7. The van der Waals surface area contributed by atoms with Crippen LogP contribution in [0.4, 0.5) is 4.79 Å². The molecule has 1 aromatic carbocycles. The van der Waals surface area contributed by atoms with Crippen molar-refractivity contribution in [3.8, 4) is 5.75 Å². The summed E-state index contributed by atoms with van der Waals surface area (Å²) in [7, 11) is 0. The molecule has 1 aliphatic rings. The third-order valence-corrected chi connectivity index (χ3v) is 3.68. The quantitative estimate of drug-likeness (QED) is 0.776. The van der Waals surface area contributed by atoms with Crippen molar-refractivity contribution in [2.24, 2.45) is 0 Å². The predicted molar refractivity (Wildman–Crippen MR) is 86.8 cm³/mol. The van der Waals surface area contributed by atoms with Crippen molar-refractivity contribution in [3.05, 3.63) is 29.8 Å². The average molecular weight is 334 g/mol. The first-order valence-corrected chi connectivity index (χ1v) is 8.09. The third kappa shape index (κ3) is 5.57. The highest BCUT2D eigenvalue weighted by Gasteiger charge is 2.18. The first-order chi connectivity index (χ1) is 11.6. The van der Waals surface area contributed by atoms with Gasteiger partial charge in [0.25, 0.3) is 5.91 Å². The smallest absolute Gasteiger partial charge is 0.338 e. The molecule has 0 saturated heterocycles. The zero-order valence-corrected chi connectivity index (χ0v) is 13.7. The molecule has 1 aromatic rings. The van der Waals surface area contributed by atoms with Gasteiger partial charge in [-0.15, -0.1) is 0 Å². The zero-order valence-electron chi connectivity index (χ0n) is 13.7. The van der Waals surface area contributed by atoms with E-state index in [0.29, 0.717) is 17.9 Å². The van der Waals surface area contributed by atoms with Crippen LogP contribution < -0.4 is 15.4 Å². The maximum absolute atomic E-state index is 11.7. The standard InChI is InChI=1S/C17H22N2O5/c1-2-23-16(21)12-7-9-14(10-8-12)24-11-15(20)19-17(22)18-13-5-3-4-6-13/h7-10,13H,2-6,11H2,1H3,(H2,18,19,20,22). The second-order valence-corrected chi connectivity index (χ2v) is 5.54. The molecule has 130 valence electrons. The van der Waals surface area contributed by atoms with Crippen molar-refractivity contribution >= 4 is 17.9 Å². The van der Waals surface area contributed by atoms with Crippen LogP contribution in [0.25, 0.3) is 0 Å². The lowest BCUT2D eigenvalue weighted by atomic mass is 10.2. The molecule has 0 heterocycles. The molecule has 3 amide bonds. The Morgan fingerprint density at radius 1 is 1.12 bits per heavy atom. The van der Waals surface area contributed by atoms with Gasteiger partial charge >= 0.3 is 12.0 Å². The Bertz CT molecular complexity index is 579. The molecule has 0 bridgehead atoms. The van der Waals surface area contributed by atoms with Gasteiger partial charge < -0.3 is 14.8 Å². The lowest BCUT2D eigenvalue weighted by Crippen LogP contribution is -2.45. The van der Waals surface area contributed by atoms with Crippen molar-refractivity contribution in [3.63, 3.8) is 0 Å². The molecule has 2 rings (SSSR count). The molecule has 7 nitrogen and oxygen atoms in total. The van der Waals surface area contributed by atoms with E-state index in [1.165, 1.54) is 0 Å². The van der Waals surface area contributed by atoms with Crippen LogP contribution in [0.2, 0.25) is 0 Å². The van der Waals surface area contributed by atoms with E-state index in [4.69, 9.17) is 9.47 Å². The topological polar surface area (TPSA) is 93.7 Å². The van der Waals surface area contributed by atoms with Gasteiger partial charge in [-0.05, 0) is 44.0 Å². The summed E-state index contributed by atoms with van der Waals surface area (Å²) < 4.78 is 10.2. The summed E-state index contributed by atoms with van der Waals surface area (Å²) in [6.45, 7) is 1.76. The van der Waals surface area contributed by atoms with Crippen molar-refractivity contribution < 1.29 is 23.9 Å². The lowest BCUT2D eigenvalue weighted by Gasteiger charge is -2.12. The summed E-state index contributed by atoms with van der Waals surface area (Å²) in [5, 5.41) is 5.00. The number of urea groups is 1. The van der Waals surface area contributed by atoms with Crippen LogP contribution in [0, 0.1) is 0 Å². The lowest BCUT2D eigenvalue weighted by molar-refractivity contribution is -0.122. The van der Waals surface area contributed by atoms with Crippen molar-refractivity contribution in [1.82, 2.24) is 10.6 Å². The van der Waals surface area contributed by atoms with Gasteiger partial charge in [-0.1, -0.05) is 12.8 Å². The predicted octanol–water partition coefficient (Wildman–Crippen LogP) is 2.01. The second-order valence-electron chi connectivity index (χ2n) is 5.54. The van der Waals surface area contributed by atoms with Crippen molar-refractivity contribution in [2.75, 3.05) is 13.2 Å². The molecular formula is C17H22N2O5. The molecule has 2 N–H and O–H groups in total. The van der Waals surface area contributed by atoms with E-state index in [-0.39, 0.29) is 12.6 Å². The van der Waals surface area contributed by atoms with E-state index in [1.54, 1.807) is 31.2 Å². The van der Waals surface area contributed by atoms with E-state index in [1.807, 2.05) is 0 Å². The number of hydrogen-bond donors (Lipinski definition) is 2. The largest absolute Gasteiger partial charge is 0.484 e. The first kappa shape index (κ1) is 17.8. The number of hydrogen-bond acceptors (Lipinski definition) is 5. The average Bonchev–Trinajstić information content (AvgIpc) is 3.06. The van der Waals surface area contributed by atoms with Gasteiger partial charge in [-0.3, -0.25) is 10.1 Å². The molecule has 1 saturated carbocycles. The van der Waals surface area contributed by atoms with E-state index < -0.39 is 17.9 Å². The monoisotopic (exact) mass is 334 g/mol. The van der Waals surface area contributed by atoms with E-state index in [9.17, 15) is 14.4 Å². The van der Waals surface area contributed by atoms with Gasteiger partial charge in [0.05, 0.1) is 12.2 Å². The maximum Gasteiger partial charge on any atom is 0.338 e. The molecule has 24 heavy (non-hydrogen) atoms. The summed E-state index contributed by atoms with van der Waals surface area (Å²) in [6.07, 6.45) is 4.10. The number of esters is 1. The van der Waals surface area contributed by atoms with Crippen LogP contribution in [-0.2, 0) is 9.53 Å². The summed E-state index contributed by atoms with van der Waals surface area (Å²) in [4.78, 5) is 34.9. The minimum Gasteiger partial charge on any atom is -0.484 e. The molecule has 7 heteroatoms. The molecule has 1 aliphatic carbocycles. The Hall–Kier alpha value is -2.57. The number of carbonyl (C=O) groups excluding carboxylic acids is 3. The summed E-state index contributed by atoms with van der Waals surface area (Å²) in [5.74, 6) is -0.514. The van der Waals surface area contributed by atoms with E-state index in [0.717, 1.165) is 25.7 Å². The van der Waals surface area contributed by atoms with Crippen LogP contribution in [0.3, 0.4) is 0 Å². The van der Waals surface area contributed by atoms with E-state index in [2.05, 4.69) is 10.6 Å².